The number of carbonyl (C=O) groups is 2. The van der Waals surface area contributed by atoms with Crippen molar-refractivity contribution in [3.05, 3.63) is 0 Å². The van der Waals surface area contributed by atoms with E-state index in [4.69, 9.17) is 13.6 Å². The van der Waals surface area contributed by atoms with Crippen molar-refractivity contribution < 1.29 is 23.2 Å². The zero-order valence-electron chi connectivity index (χ0n) is 24.8. The van der Waals surface area contributed by atoms with Gasteiger partial charge >= 0.3 is 5.97 Å². The van der Waals surface area contributed by atoms with Crippen molar-refractivity contribution in [1.29, 1.82) is 0 Å². The van der Waals surface area contributed by atoms with Gasteiger partial charge in [0.2, 0.25) is 0 Å². The summed E-state index contributed by atoms with van der Waals surface area (Å²) in [4.78, 5) is 22.8. The molecule has 0 aromatic rings. The van der Waals surface area contributed by atoms with E-state index >= 15 is 0 Å². The average Bonchev–Trinajstić information content (AvgIpc) is 3.01. The molecule has 0 spiro atoms. The highest BCUT2D eigenvalue weighted by atomic mass is 28.4. The van der Waals surface area contributed by atoms with Crippen LogP contribution in [0.5, 0.6) is 0 Å². The predicted octanol–water partition coefficient (Wildman–Crippen LogP) is 7.90. The summed E-state index contributed by atoms with van der Waals surface area (Å²) in [6, 6.07) is 0. The molecule has 5 nitrogen and oxygen atoms in total. The Morgan fingerprint density at radius 1 is 0.800 bits per heavy atom. The number of hydrogen-bond acceptors (Lipinski definition) is 5. The molecule has 1 aliphatic rings. The van der Waals surface area contributed by atoms with Gasteiger partial charge in [0.25, 0.3) is 0 Å². The summed E-state index contributed by atoms with van der Waals surface area (Å²) in [5, 5.41) is 0.303. The lowest BCUT2D eigenvalue weighted by Gasteiger charge is -2.40. The summed E-state index contributed by atoms with van der Waals surface area (Å²) in [5.41, 5.74) is 0. The van der Waals surface area contributed by atoms with Gasteiger partial charge in [0.1, 0.15) is 6.29 Å². The molecule has 7 heteroatoms. The lowest BCUT2D eigenvalue weighted by molar-refractivity contribution is -0.140. The fraction of sp³-hybridized carbons (Fsp3) is 0.929. The summed E-state index contributed by atoms with van der Waals surface area (Å²) < 4.78 is 18.9. The molecule has 0 aromatic heterocycles. The molecule has 0 aliphatic heterocycles. The first-order chi connectivity index (χ1) is 16.0. The maximum absolute atomic E-state index is 11.4. The van der Waals surface area contributed by atoms with E-state index in [1.807, 2.05) is 0 Å². The molecule has 0 radical (unpaired) electrons. The molecular weight excluding hydrogens is 472 g/mol. The molecule has 206 valence electrons. The van der Waals surface area contributed by atoms with Crippen LogP contribution in [0.1, 0.15) is 99.3 Å². The van der Waals surface area contributed by atoms with Gasteiger partial charge in [-0.25, -0.2) is 0 Å². The normalized spacial score (nSPS) is 24.0. The Balaban J connectivity index is 3.06. The largest absolute Gasteiger partial charge is 0.469 e. The lowest BCUT2D eigenvalue weighted by atomic mass is 9.85. The second-order valence-electron chi connectivity index (χ2n) is 13.7. The molecule has 1 saturated carbocycles. The molecule has 0 saturated heterocycles. The van der Waals surface area contributed by atoms with Crippen LogP contribution in [0.4, 0.5) is 0 Å². The molecule has 3 unspecified atom stereocenters. The number of methoxy groups -OCH3 is 1. The third kappa shape index (κ3) is 9.71. The third-order valence-electron chi connectivity index (χ3n) is 8.99. The standard InChI is InChI=1S/C28H56O5Si2/c1-27(2,3)34(8,9)32-24-21-25(33-35(10,11)28(4,5)6)23(18-16-20-29)22(24)17-14-12-13-15-19-26(30)31-7/h20,22-25H,12-19,21H2,1-11H3/t22-,23?,24?,25?/m1/s1. The van der Waals surface area contributed by atoms with Crippen molar-refractivity contribution in [2.24, 2.45) is 11.8 Å². The molecular formula is C28H56O5Si2. The summed E-state index contributed by atoms with van der Waals surface area (Å²) in [7, 11) is -2.43. The molecule has 1 aliphatic carbocycles. The minimum atomic E-state index is -1.95. The Morgan fingerprint density at radius 2 is 1.26 bits per heavy atom. The van der Waals surface area contributed by atoms with Crippen LogP contribution in [0.15, 0.2) is 0 Å². The zero-order valence-corrected chi connectivity index (χ0v) is 26.8. The van der Waals surface area contributed by atoms with Gasteiger partial charge in [0.15, 0.2) is 16.6 Å². The second kappa shape index (κ2) is 13.3. The van der Waals surface area contributed by atoms with Crippen LogP contribution in [0, 0.1) is 11.8 Å². The van der Waals surface area contributed by atoms with Crippen molar-refractivity contribution in [3.63, 3.8) is 0 Å². The summed E-state index contributed by atoms with van der Waals surface area (Å²) in [6.07, 6.45) is 9.57. The van der Waals surface area contributed by atoms with Crippen molar-refractivity contribution >= 4 is 28.9 Å². The smallest absolute Gasteiger partial charge is 0.305 e. The van der Waals surface area contributed by atoms with E-state index in [2.05, 4.69) is 67.7 Å². The Hall–Kier alpha value is -0.506. The first-order valence-corrected chi connectivity index (χ1v) is 19.6. The van der Waals surface area contributed by atoms with Gasteiger partial charge in [-0.3, -0.25) is 4.79 Å². The Labute approximate surface area is 218 Å². The Bertz CT molecular complexity index is 663. The van der Waals surface area contributed by atoms with E-state index in [9.17, 15) is 9.59 Å². The SMILES string of the molecule is COC(=O)CCCCCC[C@H]1C(O[Si](C)(C)C(C)(C)C)CC(O[Si](C)(C)C(C)(C)C)C1CCC=O. The van der Waals surface area contributed by atoms with Crippen LogP contribution in [0.25, 0.3) is 0 Å². The number of esters is 1. The maximum Gasteiger partial charge on any atom is 0.305 e. The van der Waals surface area contributed by atoms with E-state index in [0.717, 1.165) is 51.2 Å². The lowest BCUT2D eigenvalue weighted by Crippen LogP contribution is -2.45. The topological polar surface area (TPSA) is 61.8 Å². The van der Waals surface area contributed by atoms with Crippen molar-refractivity contribution in [1.82, 2.24) is 0 Å². The molecule has 35 heavy (non-hydrogen) atoms. The van der Waals surface area contributed by atoms with E-state index < -0.39 is 16.6 Å². The highest BCUT2D eigenvalue weighted by Gasteiger charge is 2.50. The van der Waals surface area contributed by atoms with Crippen LogP contribution in [0.2, 0.25) is 36.3 Å². The van der Waals surface area contributed by atoms with Crippen LogP contribution in [0.3, 0.4) is 0 Å². The van der Waals surface area contributed by atoms with Crippen molar-refractivity contribution in [3.8, 4) is 0 Å². The number of rotatable bonds is 14. The minimum Gasteiger partial charge on any atom is -0.469 e. The molecule has 0 N–H and O–H groups in total. The van der Waals surface area contributed by atoms with Crippen LogP contribution < -0.4 is 0 Å². The Kier molecular flexibility index (Phi) is 12.4. The van der Waals surface area contributed by atoms with Gasteiger partial charge in [-0.05, 0) is 73.8 Å². The first kappa shape index (κ1) is 32.5. The monoisotopic (exact) mass is 528 g/mol. The highest BCUT2D eigenvalue weighted by Crippen LogP contribution is 2.48. The van der Waals surface area contributed by atoms with E-state index in [0.29, 0.717) is 24.7 Å². The molecule has 4 atom stereocenters. The maximum atomic E-state index is 11.4. The number of unbranched alkanes of at least 4 members (excludes halogenated alkanes) is 3. The number of aldehydes is 1. The zero-order chi connectivity index (χ0) is 27.1. The van der Waals surface area contributed by atoms with E-state index in [1.165, 1.54) is 7.11 Å². The summed E-state index contributed by atoms with van der Waals surface area (Å²) >= 11 is 0. The Morgan fingerprint density at radius 3 is 1.69 bits per heavy atom. The molecule has 1 rings (SSSR count). The van der Waals surface area contributed by atoms with E-state index in [-0.39, 0.29) is 28.3 Å². The molecule has 0 aromatic carbocycles. The number of ether oxygens (including phenoxy) is 1. The van der Waals surface area contributed by atoms with Crippen LogP contribution in [-0.4, -0.2) is 48.2 Å². The van der Waals surface area contributed by atoms with E-state index in [1.54, 1.807) is 0 Å². The van der Waals surface area contributed by atoms with Gasteiger partial charge in [0, 0.05) is 12.8 Å². The van der Waals surface area contributed by atoms with Crippen molar-refractivity contribution in [2.75, 3.05) is 7.11 Å². The number of hydrogen-bond donors (Lipinski definition) is 0. The average molecular weight is 529 g/mol. The summed E-state index contributed by atoms with van der Waals surface area (Å²) in [5.74, 6) is 0.654. The highest BCUT2D eigenvalue weighted by molar-refractivity contribution is 6.74. The quantitative estimate of drug-likeness (QED) is 0.0992. The third-order valence-corrected chi connectivity index (χ3v) is 18.0. The van der Waals surface area contributed by atoms with Crippen molar-refractivity contribution in [2.45, 2.75) is 148 Å². The molecule has 0 amide bonds. The fourth-order valence-electron chi connectivity index (χ4n) is 4.68. The first-order valence-electron chi connectivity index (χ1n) is 13.8. The summed E-state index contributed by atoms with van der Waals surface area (Å²) in [6.45, 7) is 23.2. The van der Waals surface area contributed by atoms with Crippen LogP contribution in [-0.2, 0) is 23.2 Å². The minimum absolute atomic E-state index is 0.122. The molecule has 0 heterocycles. The molecule has 0 bridgehead atoms. The second-order valence-corrected chi connectivity index (χ2v) is 23.2. The van der Waals surface area contributed by atoms with Crippen LogP contribution >= 0.6 is 0 Å². The van der Waals surface area contributed by atoms with Gasteiger partial charge in [-0.15, -0.1) is 0 Å². The predicted molar refractivity (Wildman–Crippen MR) is 151 cm³/mol. The fourth-order valence-corrected chi connectivity index (χ4v) is 7.44. The van der Waals surface area contributed by atoms with Gasteiger partial charge in [0.05, 0.1) is 19.3 Å². The molecule has 1 fully saturated rings. The van der Waals surface area contributed by atoms with Gasteiger partial charge in [-0.2, -0.15) is 0 Å². The van der Waals surface area contributed by atoms with Gasteiger partial charge < -0.3 is 18.4 Å². The van der Waals surface area contributed by atoms with Gasteiger partial charge in [-0.1, -0.05) is 60.8 Å². The number of carbonyl (C=O) groups excluding carboxylic acids is 2.